The average molecular weight is 179 g/mol. The van der Waals surface area contributed by atoms with E-state index < -0.39 is 12.6 Å². The van der Waals surface area contributed by atoms with Gasteiger partial charge in [0.1, 0.15) is 0 Å². The Hall–Kier alpha value is -1.04. The van der Waals surface area contributed by atoms with Crippen LogP contribution in [0.4, 0.5) is 8.78 Å². The van der Waals surface area contributed by atoms with Gasteiger partial charge in [-0.2, -0.15) is 8.78 Å². The van der Waals surface area contributed by atoms with Crippen molar-refractivity contribution in [3.05, 3.63) is 16.6 Å². The third-order valence-corrected chi connectivity index (χ3v) is 1.42. The van der Waals surface area contributed by atoms with Crippen LogP contribution in [0.3, 0.4) is 0 Å². The second-order valence-corrected chi connectivity index (χ2v) is 2.26. The maximum absolute atomic E-state index is 11.4. The van der Waals surface area contributed by atoms with Gasteiger partial charge in [0.25, 0.3) is 0 Å². The molecule has 0 bridgehead atoms. The van der Waals surface area contributed by atoms with Crippen molar-refractivity contribution >= 4 is 17.3 Å². The van der Waals surface area contributed by atoms with Gasteiger partial charge in [-0.15, -0.1) is 11.3 Å². The zero-order valence-electron chi connectivity index (χ0n) is 5.16. The number of ether oxygens (including phenoxy) is 1. The number of carbonyl (C=O) groups is 1. The molecule has 1 heterocycles. The summed E-state index contributed by atoms with van der Waals surface area (Å²) in [5.41, 5.74) is 1.28. The molecule has 0 N–H and O–H groups in total. The van der Waals surface area contributed by atoms with Crippen LogP contribution in [0.1, 0.15) is 10.5 Å². The number of aromatic nitrogens is 1. The van der Waals surface area contributed by atoms with E-state index in [1.54, 1.807) is 0 Å². The number of hydrogen-bond donors (Lipinski definition) is 0. The molecule has 0 aliphatic rings. The predicted molar refractivity (Wildman–Crippen MR) is 33.5 cm³/mol. The van der Waals surface area contributed by atoms with Gasteiger partial charge in [-0.1, -0.05) is 0 Å². The first-order valence-electron chi connectivity index (χ1n) is 2.57. The van der Waals surface area contributed by atoms with E-state index in [4.69, 9.17) is 0 Å². The molecular formula is C5H3F2NO2S. The largest absolute Gasteiger partial charge is 0.398 e. The Kier molecular flexibility index (Phi) is 2.48. The van der Waals surface area contributed by atoms with Crippen molar-refractivity contribution in [3.63, 3.8) is 0 Å². The fourth-order valence-corrected chi connectivity index (χ4v) is 0.976. The van der Waals surface area contributed by atoms with Crippen molar-refractivity contribution in [2.24, 2.45) is 0 Å². The summed E-state index contributed by atoms with van der Waals surface area (Å²) in [4.78, 5) is 14.0. The average Bonchev–Trinajstić information content (AvgIpc) is 2.35. The molecule has 1 aromatic heterocycles. The van der Waals surface area contributed by atoms with Gasteiger partial charge in [0.15, 0.2) is 5.69 Å². The Bertz CT molecular complexity index is 237. The smallest absolute Gasteiger partial charge is 0.389 e. The van der Waals surface area contributed by atoms with Gasteiger partial charge in [0, 0.05) is 5.38 Å². The first-order valence-corrected chi connectivity index (χ1v) is 3.52. The molecule has 0 saturated carbocycles. The molecule has 0 aliphatic carbocycles. The lowest BCUT2D eigenvalue weighted by molar-refractivity contribution is -0.0909. The molecule has 0 aliphatic heterocycles. The minimum Gasteiger partial charge on any atom is -0.398 e. The van der Waals surface area contributed by atoms with Gasteiger partial charge in [0.2, 0.25) is 0 Å². The summed E-state index contributed by atoms with van der Waals surface area (Å²) in [6, 6.07) is 0. The molecule has 0 unspecified atom stereocenters. The van der Waals surface area contributed by atoms with Crippen LogP contribution in [-0.2, 0) is 4.74 Å². The quantitative estimate of drug-likeness (QED) is 0.646. The van der Waals surface area contributed by atoms with E-state index in [-0.39, 0.29) is 5.69 Å². The Morgan fingerprint density at radius 1 is 1.73 bits per heavy atom. The number of esters is 1. The van der Waals surface area contributed by atoms with Gasteiger partial charge in [-0.3, -0.25) is 0 Å². The van der Waals surface area contributed by atoms with E-state index in [2.05, 4.69) is 9.72 Å². The third-order valence-electron chi connectivity index (χ3n) is 0.838. The Morgan fingerprint density at radius 3 is 2.91 bits per heavy atom. The molecule has 0 amide bonds. The number of carbonyl (C=O) groups excluding carboxylic acids is 1. The molecule has 3 nitrogen and oxygen atoms in total. The molecule has 0 fully saturated rings. The zero-order valence-corrected chi connectivity index (χ0v) is 5.98. The van der Waals surface area contributed by atoms with Gasteiger partial charge < -0.3 is 4.74 Å². The van der Waals surface area contributed by atoms with Crippen molar-refractivity contribution in [3.8, 4) is 0 Å². The minimum atomic E-state index is -3.08. The molecule has 60 valence electrons. The highest BCUT2D eigenvalue weighted by atomic mass is 32.1. The maximum atomic E-state index is 11.4. The van der Waals surface area contributed by atoms with Crippen LogP contribution in [-0.4, -0.2) is 17.6 Å². The number of nitrogens with zero attached hydrogens (tertiary/aromatic N) is 1. The summed E-state index contributed by atoms with van der Waals surface area (Å²) in [5, 5.41) is 1.34. The van der Waals surface area contributed by atoms with Crippen LogP contribution in [0.25, 0.3) is 0 Å². The van der Waals surface area contributed by atoms with Crippen molar-refractivity contribution in [2.45, 2.75) is 6.61 Å². The number of rotatable bonds is 2. The zero-order chi connectivity index (χ0) is 8.27. The standard InChI is InChI=1S/C5H3F2NO2S/c6-5(7)10-4(9)3-1-11-2-8-3/h1-2,5H. The summed E-state index contributed by atoms with van der Waals surface area (Å²) < 4.78 is 26.4. The Balaban J connectivity index is 2.57. The lowest BCUT2D eigenvalue weighted by Crippen LogP contribution is -2.09. The third kappa shape index (κ3) is 2.23. The summed E-state index contributed by atoms with van der Waals surface area (Å²) >= 11 is 1.14. The van der Waals surface area contributed by atoms with E-state index in [0.29, 0.717) is 0 Å². The van der Waals surface area contributed by atoms with Crippen LogP contribution >= 0.6 is 11.3 Å². The second-order valence-electron chi connectivity index (χ2n) is 1.54. The lowest BCUT2D eigenvalue weighted by atomic mass is 10.5. The van der Waals surface area contributed by atoms with Gasteiger partial charge in [-0.05, 0) is 0 Å². The Morgan fingerprint density at radius 2 is 2.45 bits per heavy atom. The molecular weight excluding hydrogens is 176 g/mol. The van der Waals surface area contributed by atoms with Crippen molar-refractivity contribution in [2.75, 3.05) is 0 Å². The number of thiazole rings is 1. The predicted octanol–water partition coefficient (Wildman–Crippen LogP) is 1.52. The summed E-state index contributed by atoms with van der Waals surface area (Å²) in [7, 11) is 0. The first-order chi connectivity index (χ1) is 5.20. The van der Waals surface area contributed by atoms with Crippen LogP contribution in [0.2, 0.25) is 0 Å². The summed E-state index contributed by atoms with van der Waals surface area (Å²) in [5.74, 6) is -1.10. The molecule has 0 spiro atoms. The monoisotopic (exact) mass is 179 g/mol. The minimum absolute atomic E-state index is 0.0877. The fourth-order valence-electron chi connectivity index (χ4n) is 0.455. The highest BCUT2D eigenvalue weighted by Crippen LogP contribution is 2.05. The molecule has 0 radical (unpaired) electrons. The SMILES string of the molecule is O=C(OC(F)F)c1cscn1. The van der Waals surface area contributed by atoms with E-state index in [0.717, 1.165) is 11.3 Å². The van der Waals surface area contributed by atoms with E-state index in [9.17, 15) is 13.6 Å². The van der Waals surface area contributed by atoms with Crippen molar-refractivity contribution < 1.29 is 18.3 Å². The topological polar surface area (TPSA) is 39.2 Å². The molecule has 0 atom stereocenters. The van der Waals surface area contributed by atoms with E-state index in [1.807, 2.05) is 0 Å². The van der Waals surface area contributed by atoms with Gasteiger partial charge in [0.05, 0.1) is 5.51 Å². The number of halogens is 2. The van der Waals surface area contributed by atoms with E-state index in [1.165, 1.54) is 10.9 Å². The molecule has 6 heteroatoms. The molecule has 1 aromatic rings. The van der Waals surface area contributed by atoms with Crippen LogP contribution in [0, 0.1) is 0 Å². The second kappa shape index (κ2) is 3.38. The highest BCUT2D eigenvalue weighted by Gasteiger charge is 2.14. The summed E-state index contributed by atoms with van der Waals surface area (Å²) in [6.45, 7) is -3.08. The highest BCUT2D eigenvalue weighted by molar-refractivity contribution is 7.07. The van der Waals surface area contributed by atoms with E-state index >= 15 is 0 Å². The van der Waals surface area contributed by atoms with Crippen LogP contribution in [0.15, 0.2) is 10.9 Å². The van der Waals surface area contributed by atoms with Gasteiger partial charge in [-0.25, -0.2) is 9.78 Å². The normalized spacial score (nSPS) is 10.1. The molecule has 11 heavy (non-hydrogen) atoms. The van der Waals surface area contributed by atoms with Crippen molar-refractivity contribution in [1.29, 1.82) is 0 Å². The molecule has 0 aromatic carbocycles. The molecule has 1 rings (SSSR count). The van der Waals surface area contributed by atoms with Gasteiger partial charge >= 0.3 is 12.6 Å². The fraction of sp³-hybridized carbons (Fsp3) is 0.200. The van der Waals surface area contributed by atoms with Crippen molar-refractivity contribution in [1.82, 2.24) is 4.98 Å². The molecule has 0 saturated heterocycles. The number of hydrogen-bond acceptors (Lipinski definition) is 4. The summed E-state index contributed by atoms with van der Waals surface area (Å²) in [6.07, 6.45) is 0. The van der Waals surface area contributed by atoms with Crippen LogP contribution in [0.5, 0.6) is 0 Å². The first kappa shape index (κ1) is 8.06. The van der Waals surface area contributed by atoms with Crippen LogP contribution < -0.4 is 0 Å². The lowest BCUT2D eigenvalue weighted by Gasteiger charge is -1.97. The maximum Gasteiger partial charge on any atom is 0.389 e. The Labute approximate surface area is 64.6 Å². The number of alkyl halides is 2.